The maximum Gasteiger partial charge on any atom is 0.358 e. The number of carbonyl (C=O) groups is 1. The van der Waals surface area contributed by atoms with Crippen molar-refractivity contribution in [2.75, 3.05) is 25.1 Å². The molecular weight excluding hydrogens is 264 g/mol. The number of ether oxygens (including phenoxy) is 1. The summed E-state index contributed by atoms with van der Waals surface area (Å²) in [4.78, 5) is 21.1. The SMILES string of the molecule is COc1cncc(N2CC(n3cc(C(=O)O)nn3)C2)n1. The fraction of sp³-hybridized carbons (Fsp3) is 0.364. The topological polar surface area (TPSA) is 106 Å². The first-order valence-electron chi connectivity index (χ1n) is 5.93. The van der Waals surface area contributed by atoms with Crippen LogP contribution in [0, 0.1) is 0 Å². The minimum atomic E-state index is -1.08. The van der Waals surface area contributed by atoms with Crippen LogP contribution in [0.3, 0.4) is 0 Å². The van der Waals surface area contributed by atoms with Crippen molar-refractivity contribution in [2.24, 2.45) is 0 Å². The van der Waals surface area contributed by atoms with Gasteiger partial charge in [0.2, 0.25) is 5.88 Å². The van der Waals surface area contributed by atoms with E-state index >= 15 is 0 Å². The van der Waals surface area contributed by atoms with Crippen LogP contribution in [0.15, 0.2) is 18.6 Å². The summed E-state index contributed by atoms with van der Waals surface area (Å²) in [7, 11) is 1.54. The van der Waals surface area contributed by atoms with Gasteiger partial charge in [-0.15, -0.1) is 5.10 Å². The van der Waals surface area contributed by atoms with Gasteiger partial charge in [-0.1, -0.05) is 5.21 Å². The molecule has 9 heteroatoms. The van der Waals surface area contributed by atoms with Gasteiger partial charge in [0.1, 0.15) is 0 Å². The van der Waals surface area contributed by atoms with Gasteiger partial charge in [0.15, 0.2) is 11.5 Å². The number of nitrogens with zero attached hydrogens (tertiary/aromatic N) is 6. The third-order valence-electron chi connectivity index (χ3n) is 3.10. The average Bonchev–Trinajstić information content (AvgIpc) is 2.87. The summed E-state index contributed by atoms with van der Waals surface area (Å²) in [5, 5.41) is 16.2. The summed E-state index contributed by atoms with van der Waals surface area (Å²) in [6.07, 6.45) is 4.63. The zero-order chi connectivity index (χ0) is 14.1. The molecule has 0 bridgehead atoms. The summed E-state index contributed by atoms with van der Waals surface area (Å²) in [5.41, 5.74) is -0.0513. The second-order valence-corrected chi connectivity index (χ2v) is 4.37. The summed E-state index contributed by atoms with van der Waals surface area (Å²) in [6.45, 7) is 1.34. The lowest BCUT2D eigenvalue weighted by Crippen LogP contribution is -2.48. The third kappa shape index (κ3) is 2.13. The Labute approximate surface area is 113 Å². The Balaban J connectivity index is 1.66. The first-order chi connectivity index (χ1) is 9.67. The van der Waals surface area contributed by atoms with Crippen LogP contribution >= 0.6 is 0 Å². The van der Waals surface area contributed by atoms with E-state index in [2.05, 4.69) is 20.3 Å². The van der Waals surface area contributed by atoms with Gasteiger partial charge in [-0.05, 0) is 0 Å². The number of hydrogen-bond donors (Lipinski definition) is 1. The normalized spacial score (nSPS) is 14.9. The lowest BCUT2D eigenvalue weighted by molar-refractivity contribution is 0.0690. The Morgan fingerprint density at radius 2 is 2.25 bits per heavy atom. The molecule has 1 N–H and O–H groups in total. The molecule has 1 fully saturated rings. The number of carboxylic acids is 1. The van der Waals surface area contributed by atoms with Crippen molar-refractivity contribution in [3.05, 3.63) is 24.3 Å². The Morgan fingerprint density at radius 1 is 1.45 bits per heavy atom. The minimum absolute atomic E-state index is 0.0513. The molecule has 0 saturated carbocycles. The smallest absolute Gasteiger partial charge is 0.358 e. The van der Waals surface area contributed by atoms with Crippen molar-refractivity contribution < 1.29 is 14.6 Å². The van der Waals surface area contributed by atoms with E-state index in [1.54, 1.807) is 10.9 Å². The summed E-state index contributed by atoms with van der Waals surface area (Å²) in [6, 6.07) is 0.0867. The zero-order valence-electron chi connectivity index (χ0n) is 10.7. The highest BCUT2D eigenvalue weighted by Gasteiger charge is 2.31. The van der Waals surface area contributed by atoms with E-state index in [-0.39, 0.29) is 11.7 Å². The van der Waals surface area contributed by atoms with Gasteiger partial charge >= 0.3 is 5.97 Å². The Bertz CT molecular complexity index is 637. The maximum absolute atomic E-state index is 10.7. The molecule has 104 valence electrons. The molecule has 0 aromatic carbocycles. The monoisotopic (exact) mass is 276 g/mol. The Hall–Kier alpha value is -2.71. The maximum atomic E-state index is 10.7. The molecule has 0 unspecified atom stereocenters. The molecule has 1 saturated heterocycles. The molecule has 0 atom stereocenters. The highest BCUT2D eigenvalue weighted by Crippen LogP contribution is 2.26. The van der Waals surface area contributed by atoms with Gasteiger partial charge in [0, 0.05) is 13.1 Å². The van der Waals surface area contributed by atoms with Crippen LogP contribution in [0.4, 0.5) is 5.82 Å². The summed E-state index contributed by atoms with van der Waals surface area (Å²) < 4.78 is 6.58. The molecule has 9 nitrogen and oxygen atoms in total. The van der Waals surface area contributed by atoms with Gasteiger partial charge in [0.25, 0.3) is 0 Å². The highest BCUT2D eigenvalue weighted by atomic mass is 16.5. The predicted octanol–water partition coefficient (Wildman–Crippen LogP) is -0.164. The second kappa shape index (κ2) is 4.76. The molecule has 0 spiro atoms. The molecule has 1 aliphatic heterocycles. The van der Waals surface area contributed by atoms with Crippen molar-refractivity contribution in [2.45, 2.75) is 6.04 Å². The van der Waals surface area contributed by atoms with Crippen LogP contribution in [0.25, 0.3) is 0 Å². The lowest BCUT2D eigenvalue weighted by Gasteiger charge is -2.39. The van der Waals surface area contributed by atoms with E-state index in [1.165, 1.54) is 19.5 Å². The molecule has 20 heavy (non-hydrogen) atoms. The lowest BCUT2D eigenvalue weighted by atomic mass is 10.1. The van der Waals surface area contributed by atoms with Crippen molar-refractivity contribution in [1.29, 1.82) is 0 Å². The third-order valence-corrected chi connectivity index (χ3v) is 3.10. The minimum Gasteiger partial charge on any atom is -0.480 e. The molecule has 3 heterocycles. The van der Waals surface area contributed by atoms with E-state index in [0.717, 1.165) is 5.82 Å². The summed E-state index contributed by atoms with van der Waals surface area (Å²) >= 11 is 0. The number of carboxylic acid groups (broad SMARTS) is 1. The largest absolute Gasteiger partial charge is 0.480 e. The van der Waals surface area contributed by atoms with Gasteiger partial charge in [-0.2, -0.15) is 4.98 Å². The molecule has 0 aliphatic carbocycles. The number of aromatic carboxylic acids is 1. The number of anilines is 1. The van der Waals surface area contributed by atoms with Crippen LogP contribution in [-0.4, -0.2) is 56.2 Å². The van der Waals surface area contributed by atoms with Crippen LogP contribution in [0.2, 0.25) is 0 Å². The van der Waals surface area contributed by atoms with Crippen molar-refractivity contribution in [3.63, 3.8) is 0 Å². The number of methoxy groups -OCH3 is 1. The van der Waals surface area contributed by atoms with Crippen molar-refractivity contribution in [3.8, 4) is 5.88 Å². The molecule has 0 amide bonds. The fourth-order valence-electron chi connectivity index (χ4n) is 1.95. The van der Waals surface area contributed by atoms with Gasteiger partial charge in [-0.25, -0.2) is 9.48 Å². The van der Waals surface area contributed by atoms with E-state index in [4.69, 9.17) is 9.84 Å². The highest BCUT2D eigenvalue weighted by molar-refractivity contribution is 5.84. The quantitative estimate of drug-likeness (QED) is 0.820. The first-order valence-corrected chi connectivity index (χ1v) is 5.93. The molecule has 3 rings (SSSR count). The number of hydrogen-bond acceptors (Lipinski definition) is 7. The van der Waals surface area contributed by atoms with Gasteiger partial charge in [0.05, 0.1) is 31.7 Å². The van der Waals surface area contributed by atoms with E-state index in [1.807, 2.05) is 4.90 Å². The predicted molar refractivity (Wildman–Crippen MR) is 66.8 cm³/mol. The average molecular weight is 276 g/mol. The van der Waals surface area contributed by atoms with E-state index in [0.29, 0.717) is 19.0 Å². The number of aromatic nitrogens is 5. The van der Waals surface area contributed by atoms with Crippen LogP contribution in [0.5, 0.6) is 5.88 Å². The molecule has 2 aromatic rings. The molecular formula is C11H12N6O3. The zero-order valence-corrected chi connectivity index (χ0v) is 10.7. The molecule has 1 aliphatic rings. The Kier molecular flexibility index (Phi) is 2.93. The standard InChI is InChI=1S/C11H12N6O3/c1-20-10-3-12-2-9(13-10)16-4-7(5-16)17-6-8(11(18)19)14-15-17/h2-3,6-7H,4-5H2,1H3,(H,18,19). The second-order valence-electron chi connectivity index (χ2n) is 4.37. The van der Waals surface area contributed by atoms with Crippen molar-refractivity contribution >= 4 is 11.8 Å². The van der Waals surface area contributed by atoms with E-state index in [9.17, 15) is 4.79 Å². The van der Waals surface area contributed by atoms with Gasteiger partial charge in [-0.3, -0.25) is 4.98 Å². The molecule has 0 radical (unpaired) electrons. The van der Waals surface area contributed by atoms with Crippen LogP contribution in [0.1, 0.15) is 16.5 Å². The number of rotatable bonds is 4. The van der Waals surface area contributed by atoms with E-state index < -0.39 is 5.97 Å². The van der Waals surface area contributed by atoms with Crippen LogP contribution in [-0.2, 0) is 0 Å². The van der Waals surface area contributed by atoms with Gasteiger partial charge < -0.3 is 14.7 Å². The molecule has 2 aromatic heterocycles. The Morgan fingerprint density at radius 3 is 2.90 bits per heavy atom. The van der Waals surface area contributed by atoms with Crippen molar-refractivity contribution in [1.82, 2.24) is 25.0 Å². The van der Waals surface area contributed by atoms with Crippen LogP contribution < -0.4 is 9.64 Å². The first kappa shape index (κ1) is 12.3. The summed E-state index contributed by atoms with van der Waals surface area (Å²) in [5.74, 6) is 0.102. The fourth-order valence-corrected chi connectivity index (χ4v) is 1.95.